The van der Waals surface area contributed by atoms with Crippen molar-refractivity contribution in [2.24, 2.45) is 0 Å². The van der Waals surface area contributed by atoms with Crippen LogP contribution < -0.4 is 0 Å². The van der Waals surface area contributed by atoms with Crippen molar-refractivity contribution in [2.75, 3.05) is 6.54 Å². The molecule has 13 heavy (non-hydrogen) atoms. The second-order valence-electron chi connectivity index (χ2n) is 5.05. The number of likely N-dealkylation sites (tertiary alicyclic amines) is 1. The highest BCUT2D eigenvalue weighted by molar-refractivity contribution is 5.00. The van der Waals surface area contributed by atoms with Gasteiger partial charge in [0.05, 0.1) is 0 Å². The first-order valence-corrected chi connectivity index (χ1v) is 5.47. The molecule has 0 bridgehead atoms. The molecule has 0 aliphatic carbocycles. The average molecular weight is 181 g/mol. The zero-order chi connectivity index (χ0) is 9.90. The van der Waals surface area contributed by atoms with Crippen molar-refractivity contribution in [2.45, 2.75) is 58.4 Å². The van der Waals surface area contributed by atoms with Crippen molar-refractivity contribution >= 4 is 0 Å². The van der Waals surface area contributed by atoms with E-state index in [2.05, 4.69) is 32.3 Å². The molecule has 0 unspecified atom stereocenters. The molecule has 0 amide bonds. The summed E-state index contributed by atoms with van der Waals surface area (Å²) in [5, 5.41) is 0. The quantitative estimate of drug-likeness (QED) is 0.552. The molecule has 1 saturated heterocycles. The Morgan fingerprint density at radius 1 is 1.08 bits per heavy atom. The van der Waals surface area contributed by atoms with Gasteiger partial charge in [-0.2, -0.15) is 0 Å². The Kier molecular flexibility index (Phi) is 3.40. The first kappa shape index (κ1) is 10.6. The molecular formula is C12H23N. The summed E-state index contributed by atoms with van der Waals surface area (Å²) in [6.07, 6.45) is 6.62. The topological polar surface area (TPSA) is 3.24 Å². The molecular weight excluding hydrogens is 158 g/mol. The summed E-state index contributed by atoms with van der Waals surface area (Å²) in [6, 6.07) is 0. The fraction of sp³-hybridized carbons (Fsp3) is 0.833. The van der Waals surface area contributed by atoms with Crippen LogP contribution in [0.25, 0.3) is 0 Å². The predicted molar refractivity (Wildman–Crippen MR) is 58.7 cm³/mol. The number of hydrogen-bond donors (Lipinski definition) is 0. The third kappa shape index (κ3) is 3.06. The zero-order valence-electron chi connectivity index (χ0n) is 9.40. The lowest BCUT2D eigenvalue weighted by atomic mass is 9.99. The Morgan fingerprint density at radius 3 is 2.31 bits per heavy atom. The molecule has 0 N–H and O–H groups in total. The molecule has 0 aromatic heterocycles. The Morgan fingerprint density at radius 2 is 1.69 bits per heavy atom. The molecule has 1 rings (SSSR count). The summed E-state index contributed by atoms with van der Waals surface area (Å²) in [4.78, 5) is 2.48. The summed E-state index contributed by atoms with van der Waals surface area (Å²) in [5.74, 6) is 0. The van der Waals surface area contributed by atoms with E-state index >= 15 is 0 Å². The number of allylic oxidation sites excluding steroid dienone is 1. The molecule has 1 aliphatic heterocycles. The minimum atomic E-state index is 0.258. The van der Waals surface area contributed by atoms with Crippen LogP contribution in [0.3, 0.4) is 0 Å². The van der Waals surface area contributed by atoms with E-state index in [0.717, 1.165) is 0 Å². The van der Waals surface area contributed by atoms with Crippen molar-refractivity contribution < 1.29 is 0 Å². The standard InChI is InChI=1S/C12H23N/c1-11-9-7-5-6-8-10-13(11)12(2,3)4/h1,5-10H2,2-4H3. The van der Waals surface area contributed by atoms with E-state index in [9.17, 15) is 0 Å². The van der Waals surface area contributed by atoms with Crippen molar-refractivity contribution in [3.8, 4) is 0 Å². The number of rotatable bonds is 0. The van der Waals surface area contributed by atoms with Gasteiger partial charge >= 0.3 is 0 Å². The van der Waals surface area contributed by atoms with Crippen LogP contribution in [0.15, 0.2) is 12.3 Å². The van der Waals surface area contributed by atoms with E-state index in [0.29, 0.717) is 0 Å². The molecule has 0 aromatic rings. The second kappa shape index (κ2) is 4.17. The Bertz CT molecular complexity index is 176. The van der Waals surface area contributed by atoms with Crippen LogP contribution in [-0.4, -0.2) is 17.0 Å². The monoisotopic (exact) mass is 181 g/mol. The maximum absolute atomic E-state index is 4.19. The fourth-order valence-corrected chi connectivity index (χ4v) is 2.06. The first-order chi connectivity index (χ1) is 6.02. The van der Waals surface area contributed by atoms with Crippen LogP contribution in [0.5, 0.6) is 0 Å². The van der Waals surface area contributed by atoms with E-state index in [1.807, 2.05) is 0 Å². The highest BCUT2D eigenvalue weighted by atomic mass is 15.2. The molecule has 1 heteroatoms. The normalized spacial score (nSPS) is 21.2. The molecule has 1 heterocycles. The Balaban J connectivity index is 2.62. The number of nitrogens with zero attached hydrogens (tertiary/aromatic N) is 1. The summed E-state index contributed by atoms with van der Waals surface area (Å²) in [5.41, 5.74) is 1.60. The number of hydrogen-bond acceptors (Lipinski definition) is 1. The van der Waals surface area contributed by atoms with E-state index in [1.165, 1.54) is 44.3 Å². The van der Waals surface area contributed by atoms with Crippen molar-refractivity contribution in [1.29, 1.82) is 0 Å². The largest absolute Gasteiger partial charge is 0.370 e. The molecule has 0 spiro atoms. The van der Waals surface area contributed by atoms with Gasteiger partial charge in [0, 0.05) is 17.8 Å². The highest BCUT2D eigenvalue weighted by Gasteiger charge is 2.22. The molecule has 1 nitrogen and oxygen atoms in total. The van der Waals surface area contributed by atoms with Crippen LogP contribution in [0.2, 0.25) is 0 Å². The van der Waals surface area contributed by atoms with Crippen LogP contribution in [-0.2, 0) is 0 Å². The van der Waals surface area contributed by atoms with Crippen LogP contribution >= 0.6 is 0 Å². The lowest BCUT2D eigenvalue weighted by Gasteiger charge is -2.40. The zero-order valence-corrected chi connectivity index (χ0v) is 9.40. The fourth-order valence-electron chi connectivity index (χ4n) is 2.06. The maximum Gasteiger partial charge on any atom is 0.0314 e. The van der Waals surface area contributed by atoms with Crippen molar-refractivity contribution in [1.82, 2.24) is 4.90 Å². The van der Waals surface area contributed by atoms with Gasteiger partial charge in [0.2, 0.25) is 0 Å². The third-order valence-corrected chi connectivity index (χ3v) is 2.79. The molecule has 0 atom stereocenters. The summed E-state index contributed by atoms with van der Waals surface area (Å²) < 4.78 is 0. The third-order valence-electron chi connectivity index (χ3n) is 2.79. The minimum absolute atomic E-state index is 0.258. The van der Waals surface area contributed by atoms with Gasteiger partial charge in [-0.25, -0.2) is 0 Å². The lowest BCUT2D eigenvalue weighted by molar-refractivity contribution is 0.169. The Hall–Kier alpha value is -0.460. The van der Waals surface area contributed by atoms with Crippen molar-refractivity contribution in [3.05, 3.63) is 12.3 Å². The molecule has 76 valence electrons. The van der Waals surface area contributed by atoms with Gasteiger partial charge in [0.25, 0.3) is 0 Å². The van der Waals surface area contributed by atoms with Crippen LogP contribution in [0, 0.1) is 0 Å². The molecule has 0 radical (unpaired) electrons. The van der Waals surface area contributed by atoms with Gasteiger partial charge in [0.15, 0.2) is 0 Å². The van der Waals surface area contributed by atoms with Gasteiger partial charge in [-0.15, -0.1) is 0 Å². The summed E-state index contributed by atoms with van der Waals surface area (Å²) in [7, 11) is 0. The van der Waals surface area contributed by atoms with E-state index in [4.69, 9.17) is 0 Å². The second-order valence-corrected chi connectivity index (χ2v) is 5.05. The molecule has 1 aliphatic rings. The van der Waals surface area contributed by atoms with Crippen molar-refractivity contribution in [3.63, 3.8) is 0 Å². The average Bonchev–Trinajstić information content (AvgIpc) is 1.94. The van der Waals surface area contributed by atoms with Gasteiger partial charge in [-0.1, -0.05) is 19.4 Å². The first-order valence-electron chi connectivity index (χ1n) is 5.47. The Labute approximate surface area is 82.8 Å². The summed E-state index contributed by atoms with van der Waals surface area (Å²) in [6.45, 7) is 12.2. The minimum Gasteiger partial charge on any atom is -0.370 e. The van der Waals surface area contributed by atoms with E-state index < -0.39 is 0 Å². The predicted octanol–water partition coefficient (Wildman–Crippen LogP) is 3.56. The van der Waals surface area contributed by atoms with E-state index in [-0.39, 0.29) is 5.54 Å². The van der Waals surface area contributed by atoms with Gasteiger partial charge in [-0.3, -0.25) is 0 Å². The summed E-state index contributed by atoms with van der Waals surface area (Å²) >= 11 is 0. The highest BCUT2D eigenvalue weighted by Crippen LogP contribution is 2.25. The van der Waals surface area contributed by atoms with E-state index in [1.54, 1.807) is 0 Å². The maximum atomic E-state index is 4.19. The SMILES string of the molecule is C=C1CCCCCCN1C(C)(C)C. The van der Waals surface area contributed by atoms with Crippen LogP contribution in [0.4, 0.5) is 0 Å². The molecule has 0 saturated carbocycles. The molecule has 0 aromatic carbocycles. The molecule has 1 fully saturated rings. The smallest absolute Gasteiger partial charge is 0.0314 e. The van der Waals surface area contributed by atoms with Gasteiger partial charge in [0.1, 0.15) is 0 Å². The van der Waals surface area contributed by atoms with Gasteiger partial charge < -0.3 is 4.90 Å². The lowest BCUT2D eigenvalue weighted by Crippen LogP contribution is -2.41. The van der Waals surface area contributed by atoms with Gasteiger partial charge in [-0.05, 0) is 40.0 Å². The van der Waals surface area contributed by atoms with Crippen LogP contribution in [0.1, 0.15) is 52.9 Å².